The van der Waals surface area contributed by atoms with Crippen LogP contribution >= 0.6 is 0 Å². The molecule has 0 bridgehead atoms. The number of amidine groups is 1. The largest absolute Gasteiger partial charge is 1.00 e. The van der Waals surface area contributed by atoms with E-state index in [1.165, 1.54) is 6.42 Å². The second-order valence-corrected chi connectivity index (χ2v) is 10.0. The van der Waals surface area contributed by atoms with Gasteiger partial charge in [-0.2, -0.15) is 8.42 Å². The van der Waals surface area contributed by atoms with E-state index in [1.807, 2.05) is 12.1 Å². The highest BCUT2D eigenvalue weighted by molar-refractivity contribution is 7.90. The van der Waals surface area contributed by atoms with Crippen molar-refractivity contribution < 1.29 is 30.4 Å². The van der Waals surface area contributed by atoms with Crippen LogP contribution in [-0.4, -0.2) is 38.2 Å². The number of carbonyl (C=O) groups is 1. The minimum absolute atomic E-state index is 0. The Morgan fingerprint density at radius 3 is 2.43 bits per heavy atom. The fraction of sp³-hybridized carbons (Fsp3) is 0.231. The van der Waals surface area contributed by atoms with Gasteiger partial charge in [0, 0.05) is 23.4 Å². The van der Waals surface area contributed by atoms with Crippen LogP contribution in [0.15, 0.2) is 82.1 Å². The molecule has 0 saturated carbocycles. The Balaban J connectivity index is 0.00000289. The number of rotatable bonds is 5. The van der Waals surface area contributed by atoms with Crippen molar-refractivity contribution in [3.63, 3.8) is 0 Å². The number of carbonyl (C=O) groups excluding carboxylic acids is 1. The lowest BCUT2D eigenvalue weighted by Gasteiger charge is -2.27. The molecular formula is C26H25ClN3O4S-. The van der Waals surface area contributed by atoms with E-state index in [0.717, 1.165) is 31.5 Å². The third-order valence-corrected chi connectivity index (χ3v) is 7.34. The standard InChI is InChI=1S/C26H25N3O4S.ClH/c30-26(19-9-3-1-4-10-19)33-23-14-13-21(17-20(23)18-29-15-7-2-8-16-29)27-25-22-11-5-6-12-24(22)34(31,32)28-25;/h1,3-6,9-14,17H,2,7-8,15-16,18H2,(H,27,28);1H/p-1. The predicted molar refractivity (Wildman–Crippen MR) is 131 cm³/mol. The minimum atomic E-state index is -3.71. The Morgan fingerprint density at radius 2 is 1.66 bits per heavy atom. The molecule has 3 aromatic carbocycles. The SMILES string of the molecule is O=C(Oc1ccc(NC2=NS(=O)(=O)c3ccccc32)cc1CN1CCCCC1)c1ccccc1.[Cl-]. The van der Waals surface area contributed by atoms with Gasteiger partial charge in [-0.25, -0.2) is 4.79 Å². The monoisotopic (exact) mass is 510 g/mol. The summed E-state index contributed by atoms with van der Waals surface area (Å²) in [5.41, 5.74) is 2.55. The quantitative estimate of drug-likeness (QED) is 0.413. The van der Waals surface area contributed by atoms with Crippen molar-refractivity contribution in [3.8, 4) is 5.75 Å². The lowest BCUT2D eigenvalue weighted by Crippen LogP contribution is -3.00. The number of hydrogen-bond donors (Lipinski definition) is 1. The van der Waals surface area contributed by atoms with E-state index in [2.05, 4.69) is 14.6 Å². The maximum atomic E-state index is 12.7. The second kappa shape index (κ2) is 10.6. The summed E-state index contributed by atoms with van der Waals surface area (Å²) in [6.07, 6.45) is 3.51. The van der Waals surface area contributed by atoms with Crippen LogP contribution < -0.4 is 22.5 Å². The fourth-order valence-corrected chi connectivity index (χ4v) is 5.48. The lowest BCUT2D eigenvalue weighted by molar-refractivity contribution is -0.0000219. The first kappa shape index (κ1) is 24.9. The van der Waals surface area contributed by atoms with Gasteiger partial charge < -0.3 is 22.5 Å². The van der Waals surface area contributed by atoms with Gasteiger partial charge in [0.2, 0.25) is 0 Å². The fourth-order valence-electron chi connectivity index (χ4n) is 4.30. The maximum Gasteiger partial charge on any atom is 0.343 e. The molecule has 1 saturated heterocycles. The Kier molecular flexibility index (Phi) is 7.54. The van der Waals surface area contributed by atoms with E-state index in [-0.39, 0.29) is 23.1 Å². The van der Waals surface area contributed by atoms with Gasteiger partial charge in [0.05, 0.1) is 5.56 Å². The molecule has 5 rings (SSSR count). The first-order valence-electron chi connectivity index (χ1n) is 11.3. The molecule has 182 valence electrons. The minimum Gasteiger partial charge on any atom is -1.00 e. The van der Waals surface area contributed by atoms with Gasteiger partial charge in [-0.3, -0.25) is 4.90 Å². The number of nitrogens with one attached hydrogen (secondary N) is 1. The molecule has 3 aromatic rings. The summed E-state index contributed by atoms with van der Waals surface area (Å²) in [4.78, 5) is 15.2. The number of anilines is 1. The van der Waals surface area contributed by atoms with E-state index < -0.39 is 16.0 Å². The number of hydrogen-bond acceptors (Lipinski definition) is 6. The lowest BCUT2D eigenvalue weighted by atomic mass is 10.1. The molecule has 0 unspecified atom stereocenters. The summed E-state index contributed by atoms with van der Waals surface area (Å²) in [5.74, 6) is 0.362. The van der Waals surface area contributed by atoms with Crippen LogP contribution in [0.1, 0.15) is 40.7 Å². The highest BCUT2D eigenvalue weighted by atomic mass is 35.5. The summed E-state index contributed by atoms with van der Waals surface area (Å²) >= 11 is 0. The van der Waals surface area contributed by atoms with Gasteiger partial charge in [-0.05, 0) is 68.4 Å². The molecule has 0 spiro atoms. The predicted octanol–water partition coefficient (Wildman–Crippen LogP) is 1.46. The number of fused-ring (bicyclic) bond motifs is 1. The van der Waals surface area contributed by atoms with Crippen molar-refractivity contribution in [1.29, 1.82) is 0 Å². The molecule has 2 aliphatic rings. The summed E-state index contributed by atoms with van der Waals surface area (Å²) in [5, 5.41) is 3.15. The molecule has 1 N–H and O–H groups in total. The number of likely N-dealkylation sites (tertiary alicyclic amines) is 1. The van der Waals surface area contributed by atoms with Gasteiger partial charge in [-0.15, -0.1) is 4.40 Å². The number of halogens is 1. The van der Waals surface area contributed by atoms with Gasteiger partial charge in [0.1, 0.15) is 10.6 Å². The van der Waals surface area contributed by atoms with Crippen molar-refractivity contribution in [1.82, 2.24) is 4.90 Å². The normalized spacial score (nSPS) is 16.5. The van der Waals surface area contributed by atoms with Gasteiger partial charge in [0.15, 0.2) is 5.84 Å². The molecule has 0 amide bonds. The first-order chi connectivity index (χ1) is 16.5. The van der Waals surface area contributed by atoms with E-state index in [1.54, 1.807) is 60.7 Å². The molecular weight excluding hydrogens is 486 g/mol. The maximum absolute atomic E-state index is 12.7. The molecule has 0 radical (unpaired) electrons. The second-order valence-electron chi connectivity index (χ2n) is 8.45. The van der Waals surface area contributed by atoms with E-state index in [4.69, 9.17) is 4.74 Å². The van der Waals surface area contributed by atoms with E-state index >= 15 is 0 Å². The molecule has 7 nitrogen and oxygen atoms in total. The summed E-state index contributed by atoms with van der Waals surface area (Å²) in [7, 11) is -3.71. The van der Waals surface area contributed by atoms with Gasteiger partial charge >= 0.3 is 5.97 Å². The number of nitrogens with zero attached hydrogens (tertiary/aromatic N) is 2. The van der Waals surface area contributed by atoms with E-state index in [9.17, 15) is 13.2 Å². The number of sulfonamides is 1. The summed E-state index contributed by atoms with van der Waals surface area (Å²) in [6, 6.07) is 21.1. The molecule has 1 fully saturated rings. The van der Waals surface area contributed by atoms with Gasteiger partial charge in [-0.1, -0.05) is 36.8 Å². The Morgan fingerprint density at radius 1 is 0.943 bits per heavy atom. The average Bonchev–Trinajstić information content (AvgIpc) is 3.11. The van der Waals surface area contributed by atoms with Crippen LogP contribution in [0.3, 0.4) is 0 Å². The van der Waals surface area contributed by atoms with E-state index in [0.29, 0.717) is 29.1 Å². The van der Waals surface area contributed by atoms with Crippen molar-refractivity contribution in [3.05, 3.63) is 89.5 Å². The number of benzene rings is 3. The zero-order valence-corrected chi connectivity index (χ0v) is 20.6. The van der Waals surface area contributed by atoms with Crippen LogP contribution in [0.25, 0.3) is 0 Å². The molecule has 0 aliphatic carbocycles. The highest BCUT2D eigenvalue weighted by Gasteiger charge is 2.28. The Bertz CT molecular complexity index is 1350. The number of esters is 1. The summed E-state index contributed by atoms with van der Waals surface area (Å²) in [6.45, 7) is 2.61. The van der Waals surface area contributed by atoms with Crippen LogP contribution in [-0.2, 0) is 16.6 Å². The molecule has 9 heteroatoms. The molecule has 35 heavy (non-hydrogen) atoms. The number of piperidine rings is 1. The Labute approximate surface area is 211 Å². The molecule has 0 aromatic heterocycles. The van der Waals surface area contributed by atoms with Crippen molar-refractivity contribution in [2.45, 2.75) is 30.7 Å². The van der Waals surface area contributed by atoms with Crippen LogP contribution in [0.4, 0.5) is 5.69 Å². The zero-order chi connectivity index (χ0) is 23.5. The smallest absolute Gasteiger partial charge is 0.343 e. The third kappa shape index (κ3) is 5.56. The number of ether oxygens (including phenoxy) is 1. The van der Waals surface area contributed by atoms with Gasteiger partial charge in [0.25, 0.3) is 10.0 Å². The van der Waals surface area contributed by atoms with Crippen LogP contribution in [0, 0.1) is 0 Å². The van der Waals surface area contributed by atoms with Crippen LogP contribution in [0.2, 0.25) is 0 Å². The first-order valence-corrected chi connectivity index (χ1v) is 12.8. The zero-order valence-electron chi connectivity index (χ0n) is 19.0. The molecule has 0 atom stereocenters. The van der Waals surface area contributed by atoms with Crippen molar-refractivity contribution in [2.75, 3.05) is 18.4 Å². The third-order valence-electron chi connectivity index (χ3n) is 6.01. The summed E-state index contributed by atoms with van der Waals surface area (Å²) < 4.78 is 34.5. The van der Waals surface area contributed by atoms with Crippen molar-refractivity contribution in [2.24, 2.45) is 4.40 Å². The van der Waals surface area contributed by atoms with Crippen molar-refractivity contribution >= 4 is 27.5 Å². The topological polar surface area (TPSA) is 88.1 Å². The average molecular weight is 511 g/mol. The highest BCUT2D eigenvalue weighted by Crippen LogP contribution is 2.30. The molecule has 2 aliphatic heterocycles. The molecule has 2 heterocycles. The van der Waals surface area contributed by atoms with Crippen LogP contribution in [0.5, 0.6) is 5.75 Å². The Hall–Kier alpha value is -3.20.